The molecule has 0 bridgehead atoms. The van der Waals surface area contributed by atoms with E-state index in [1.807, 2.05) is 12.1 Å². The van der Waals surface area contributed by atoms with Gasteiger partial charge >= 0.3 is 6.18 Å². The van der Waals surface area contributed by atoms with Gasteiger partial charge in [-0.1, -0.05) is 18.2 Å². The Morgan fingerprint density at radius 1 is 1.10 bits per heavy atom. The van der Waals surface area contributed by atoms with Crippen LogP contribution in [-0.4, -0.2) is 48.3 Å². The Balaban J connectivity index is 1.65. The number of rotatable bonds is 4. The van der Waals surface area contributed by atoms with Gasteiger partial charge in [-0.15, -0.1) is 5.10 Å². The van der Waals surface area contributed by atoms with Crippen molar-refractivity contribution < 1.29 is 13.2 Å². The van der Waals surface area contributed by atoms with E-state index in [9.17, 15) is 13.2 Å². The SMILES string of the molecule is Cc1c([C@@H](N)Nc2nncc3ccc(N4CCN(C)CC4)cc23)cccc1C(F)(F)F. The Kier molecular flexibility index (Phi) is 5.72. The highest BCUT2D eigenvalue weighted by molar-refractivity contribution is 5.93. The van der Waals surface area contributed by atoms with Crippen molar-refractivity contribution in [1.82, 2.24) is 15.1 Å². The Bertz CT molecular complexity index is 1080. The smallest absolute Gasteiger partial charge is 0.369 e. The number of alkyl halides is 3. The maximum Gasteiger partial charge on any atom is 0.416 e. The van der Waals surface area contributed by atoms with Gasteiger partial charge in [-0.05, 0) is 43.3 Å². The molecule has 6 nitrogen and oxygen atoms in total. The number of nitrogens with zero attached hydrogens (tertiary/aromatic N) is 4. The molecule has 3 N–H and O–H groups in total. The Morgan fingerprint density at radius 3 is 2.55 bits per heavy atom. The Morgan fingerprint density at radius 2 is 1.84 bits per heavy atom. The fourth-order valence-electron chi connectivity index (χ4n) is 3.96. The van der Waals surface area contributed by atoms with E-state index in [0.29, 0.717) is 11.4 Å². The van der Waals surface area contributed by atoms with Gasteiger partial charge in [0.1, 0.15) is 6.17 Å². The van der Waals surface area contributed by atoms with Gasteiger partial charge in [0.25, 0.3) is 0 Å². The van der Waals surface area contributed by atoms with Crippen LogP contribution in [0.5, 0.6) is 0 Å². The van der Waals surface area contributed by atoms with Crippen molar-refractivity contribution in [3.05, 3.63) is 59.3 Å². The molecule has 9 heteroatoms. The zero-order chi connectivity index (χ0) is 22.2. The van der Waals surface area contributed by atoms with Crippen LogP contribution in [0, 0.1) is 6.92 Å². The van der Waals surface area contributed by atoms with Crippen LogP contribution in [0.3, 0.4) is 0 Å². The van der Waals surface area contributed by atoms with E-state index in [-0.39, 0.29) is 5.56 Å². The van der Waals surface area contributed by atoms with E-state index < -0.39 is 17.9 Å². The molecule has 0 spiro atoms. The molecular weight excluding hydrogens is 405 g/mol. The predicted octanol–water partition coefficient (Wildman–Crippen LogP) is 3.78. The van der Waals surface area contributed by atoms with Gasteiger partial charge in [-0.3, -0.25) is 0 Å². The van der Waals surface area contributed by atoms with E-state index in [1.165, 1.54) is 13.0 Å². The summed E-state index contributed by atoms with van der Waals surface area (Å²) in [5.41, 5.74) is 7.11. The number of fused-ring (bicyclic) bond motifs is 1. The molecule has 0 amide bonds. The van der Waals surface area contributed by atoms with Crippen LogP contribution in [-0.2, 0) is 6.18 Å². The summed E-state index contributed by atoms with van der Waals surface area (Å²) in [6, 6.07) is 10.1. The molecule has 0 radical (unpaired) electrons. The normalized spacial score (nSPS) is 16.5. The van der Waals surface area contributed by atoms with Crippen LogP contribution >= 0.6 is 0 Å². The molecule has 3 aromatic rings. The molecule has 164 valence electrons. The molecule has 31 heavy (non-hydrogen) atoms. The number of halogens is 3. The average Bonchev–Trinajstić information content (AvgIpc) is 2.73. The van der Waals surface area contributed by atoms with E-state index in [2.05, 4.69) is 38.4 Å². The molecule has 0 saturated carbocycles. The zero-order valence-electron chi connectivity index (χ0n) is 17.4. The number of piperazine rings is 1. The zero-order valence-corrected chi connectivity index (χ0v) is 17.4. The molecule has 2 aromatic carbocycles. The first-order chi connectivity index (χ1) is 14.7. The number of hydrogen-bond donors (Lipinski definition) is 2. The van der Waals surface area contributed by atoms with Crippen molar-refractivity contribution in [2.24, 2.45) is 5.73 Å². The molecule has 0 unspecified atom stereocenters. The molecular formula is C22H25F3N6. The number of aromatic nitrogens is 2. The fourth-order valence-corrected chi connectivity index (χ4v) is 3.96. The number of benzene rings is 2. The number of nitrogens with two attached hydrogens (primary N) is 1. The van der Waals surface area contributed by atoms with Crippen molar-refractivity contribution in [3.8, 4) is 0 Å². The van der Waals surface area contributed by atoms with Crippen molar-refractivity contribution >= 4 is 22.3 Å². The van der Waals surface area contributed by atoms with Crippen molar-refractivity contribution in [1.29, 1.82) is 0 Å². The topological polar surface area (TPSA) is 70.3 Å². The lowest BCUT2D eigenvalue weighted by atomic mass is 10.00. The van der Waals surface area contributed by atoms with Crippen LogP contribution in [0.25, 0.3) is 10.8 Å². The van der Waals surface area contributed by atoms with Gasteiger partial charge in [0, 0.05) is 42.6 Å². The lowest BCUT2D eigenvalue weighted by Crippen LogP contribution is -2.44. The van der Waals surface area contributed by atoms with Crippen molar-refractivity contribution in [3.63, 3.8) is 0 Å². The van der Waals surface area contributed by atoms with E-state index >= 15 is 0 Å². The molecule has 4 rings (SSSR count). The highest BCUT2D eigenvalue weighted by atomic mass is 19.4. The molecule has 1 aromatic heterocycles. The molecule has 1 saturated heterocycles. The first-order valence-corrected chi connectivity index (χ1v) is 10.1. The minimum Gasteiger partial charge on any atom is -0.369 e. The monoisotopic (exact) mass is 430 g/mol. The highest BCUT2D eigenvalue weighted by Crippen LogP contribution is 2.35. The lowest BCUT2D eigenvalue weighted by molar-refractivity contribution is -0.138. The summed E-state index contributed by atoms with van der Waals surface area (Å²) in [4.78, 5) is 4.59. The summed E-state index contributed by atoms with van der Waals surface area (Å²) in [7, 11) is 2.10. The van der Waals surface area contributed by atoms with E-state index in [4.69, 9.17) is 5.73 Å². The van der Waals surface area contributed by atoms with Gasteiger partial charge < -0.3 is 20.9 Å². The maximum atomic E-state index is 13.3. The summed E-state index contributed by atoms with van der Waals surface area (Å²) in [5, 5.41) is 13.0. The standard InChI is InChI=1S/C22H25F3N6/c1-14-17(4-3-5-19(14)22(23,24)25)20(26)28-21-18-12-16(7-6-15(18)13-27-29-21)31-10-8-30(2)9-11-31/h3-7,12-13,20H,8-11,26H2,1-2H3,(H,28,29)/t20-/m0/s1. The van der Waals surface area contributed by atoms with Gasteiger partial charge in [0.15, 0.2) is 5.82 Å². The molecule has 1 atom stereocenters. The average molecular weight is 430 g/mol. The van der Waals surface area contributed by atoms with Crippen molar-refractivity contribution in [2.45, 2.75) is 19.3 Å². The predicted molar refractivity (Wildman–Crippen MR) is 116 cm³/mol. The minimum atomic E-state index is -4.43. The second-order valence-electron chi connectivity index (χ2n) is 7.89. The van der Waals surface area contributed by atoms with Crippen molar-refractivity contribution in [2.75, 3.05) is 43.4 Å². The van der Waals surface area contributed by atoms with E-state index in [1.54, 1.807) is 12.3 Å². The van der Waals surface area contributed by atoms with Crippen LogP contribution in [0.2, 0.25) is 0 Å². The number of nitrogens with one attached hydrogen (secondary N) is 1. The fraction of sp³-hybridized carbons (Fsp3) is 0.364. The Hall–Kier alpha value is -2.91. The summed E-state index contributed by atoms with van der Waals surface area (Å²) in [5.74, 6) is 0.442. The van der Waals surface area contributed by atoms with Crippen LogP contribution < -0.4 is 16.0 Å². The summed E-state index contributed by atoms with van der Waals surface area (Å²) in [6.45, 7) is 5.24. The van der Waals surface area contributed by atoms with Crippen LogP contribution in [0.15, 0.2) is 42.6 Å². The maximum absolute atomic E-state index is 13.3. The van der Waals surface area contributed by atoms with Gasteiger partial charge in [-0.2, -0.15) is 18.3 Å². The summed E-state index contributed by atoms with van der Waals surface area (Å²) < 4.78 is 39.8. The highest BCUT2D eigenvalue weighted by Gasteiger charge is 2.33. The molecule has 1 aliphatic heterocycles. The third-order valence-corrected chi connectivity index (χ3v) is 5.82. The van der Waals surface area contributed by atoms with Gasteiger partial charge in [-0.25, -0.2) is 0 Å². The molecule has 1 aliphatic rings. The van der Waals surface area contributed by atoms with E-state index in [0.717, 1.165) is 48.7 Å². The molecule has 1 fully saturated rings. The second-order valence-corrected chi connectivity index (χ2v) is 7.89. The van der Waals surface area contributed by atoms with Crippen LogP contribution in [0.1, 0.15) is 22.9 Å². The third kappa shape index (κ3) is 4.42. The number of anilines is 2. The third-order valence-electron chi connectivity index (χ3n) is 5.82. The largest absolute Gasteiger partial charge is 0.416 e. The summed E-state index contributed by atoms with van der Waals surface area (Å²) >= 11 is 0. The van der Waals surface area contributed by atoms with Gasteiger partial charge in [0.2, 0.25) is 0 Å². The first-order valence-electron chi connectivity index (χ1n) is 10.1. The molecule has 2 heterocycles. The number of likely N-dealkylation sites (N-methyl/N-ethyl adjacent to an activating group) is 1. The minimum absolute atomic E-state index is 0.0984. The lowest BCUT2D eigenvalue weighted by Gasteiger charge is -2.34. The summed E-state index contributed by atoms with van der Waals surface area (Å²) in [6.07, 6.45) is -3.64. The quantitative estimate of drug-likeness (QED) is 0.614. The van der Waals surface area contributed by atoms with Crippen LogP contribution in [0.4, 0.5) is 24.7 Å². The molecule has 0 aliphatic carbocycles. The van der Waals surface area contributed by atoms with Gasteiger partial charge in [0.05, 0.1) is 11.8 Å². The number of hydrogen-bond acceptors (Lipinski definition) is 6. The first kappa shape index (κ1) is 21.3. The second kappa shape index (κ2) is 8.32. The Labute approximate surface area is 178 Å².